The predicted molar refractivity (Wildman–Crippen MR) is 102 cm³/mol. The van der Waals surface area contributed by atoms with E-state index < -0.39 is 31.6 Å². The first-order valence-electron chi connectivity index (χ1n) is 7.32. The van der Waals surface area contributed by atoms with Crippen LogP contribution in [0.4, 0.5) is 9.59 Å². The van der Waals surface area contributed by atoms with Crippen molar-refractivity contribution >= 4 is 55.2 Å². The van der Waals surface area contributed by atoms with Crippen molar-refractivity contribution in [3.05, 3.63) is 0 Å². The van der Waals surface area contributed by atoms with Crippen LogP contribution >= 0.6 is 30.7 Å². The van der Waals surface area contributed by atoms with E-state index in [0.29, 0.717) is 12.5 Å². The Bertz CT molecular complexity index is 484. The monoisotopic (exact) mass is 432 g/mol. The van der Waals surface area contributed by atoms with Crippen molar-refractivity contribution in [1.82, 2.24) is 0 Å². The maximum Gasteiger partial charge on any atom is 0.500 e. The fourth-order valence-electron chi connectivity index (χ4n) is 1.90. The van der Waals surface area contributed by atoms with E-state index in [4.69, 9.17) is 18.0 Å². The topological polar surface area (TPSA) is 105 Å². The lowest BCUT2D eigenvalue weighted by atomic mass is 10.5. The zero-order valence-corrected chi connectivity index (χ0v) is 18.6. The van der Waals surface area contributed by atoms with Gasteiger partial charge in [0.25, 0.3) is 9.71 Å². The highest BCUT2D eigenvalue weighted by Gasteiger charge is 2.39. The lowest BCUT2D eigenvalue weighted by molar-refractivity contribution is -0.143. The van der Waals surface area contributed by atoms with Crippen molar-refractivity contribution in [2.75, 3.05) is 46.6 Å². The maximum atomic E-state index is 12.6. The molecule has 0 unspecified atom stereocenters. The molecule has 0 amide bonds. The summed E-state index contributed by atoms with van der Waals surface area (Å²) in [6.07, 6.45) is 2.82. The zero-order chi connectivity index (χ0) is 19.5. The Labute approximate surface area is 157 Å². The van der Waals surface area contributed by atoms with Crippen LogP contribution in [-0.2, 0) is 27.4 Å². The summed E-state index contributed by atoms with van der Waals surface area (Å²) in [5, 5.41) is 0. The van der Waals surface area contributed by atoms with Crippen LogP contribution in [-0.4, -0.2) is 71.1 Å². The van der Waals surface area contributed by atoms with Gasteiger partial charge in [0.1, 0.15) is 0 Å². The van der Waals surface area contributed by atoms with Crippen molar-refractivity contribution < 1.29 is 37.0 Å². The van der Waals surface area contributed by atoms with Crippen molar-refractivity contribution in [2.24, 2.45) is 0 Å². The van der Waals surface area contributed by atoms with Gasteiger partial charge in [-0.1, -0.05) is 23.5 Å². The van der Waals surface area contributed by atoms with Crippen LogP contribution in [0, 0.1) is 0 Å². The summed E-state index contributed by atoms with van der Waals surface area (Å²) in [4.78, 5) is 34.0. The largest absolute Gasteiger partial charge is 0.500 e. The van der Waals surface area contributed by atoms with E-state index in [9.17, 15) is 18.9 Å². The quantitative estimate of drug-likeness (QED) is 0.197. The molecule has 0 fully saturated rings. The standard InChI is InChI=1S/C13H25O8PS2Si/c1-18-25(19-2,20-3)10-6-8-21-11(14)7-9-22(17,12(15)23-4)13(16)24-5/h6-10H2,1-5H3. The highest BCUT2D eigenvalue weighted by molar-refractivity contribution is 8.38. The minimum Gasteiger partial charge on any atom is -0.466 e. The Morgan fingerprint density at radius 2 is 1.44 bits per heavy atom. The lowest BCUT2D eigenvalue weighted by Crippen LogP contribution is -2.42. The molecule has 0 radical (unpaired) electrons. The Balaban J connectivity index is 4.45. The molecule has 0 aromatic carbocycles. The van der Waals surface area contributed by atoms with E-state index >= 15 is 0 Å². The van der Waals surface area contributed by atoms with Gasteiger partial charge in [-0.3, -0.25) is 14.4 Å². The van der Waals surface area contributed by atoms with Crippen molar-refractivity contribution in [2.45, 2.75) is 18.9 Å². The third-order valence-electron chi connectivity index (χ3n) is 3.39. The van der Waals surface area contributed by atoms with Crippen molar-refractivity contribution in [3.63, 3.8) is 0 Å². The predicted octanol–water partition coefficient (Wildman–Crippen LogP) is 3.52. The fraction of sp³-hybridized carbons (Fsp3) is 0.769. The van der Waals surface area contributed by atoms with Crippen LogP contribution in [0.1, 0.15) is 12.8 Å². The number of ether oxygens (including phenoxy) is 1. The Morgan fingerprint density at radius 3 is 1.84 bits per heavy atom. The van der Waals surface area contributed by atoms with Gasteiger partial charge in [-0.05, 0) is 18.9 Å². The molecule has 8 nitrogen and oxygen atoms in total. The molecule has 0 heterocycles. The summed E-state index contributed by atoms with van der Waals surface area (Å²) in [6, 6.07) is 0.470. The summed E-state index contributed by atoms with van der Waals surface area (Å²) in [5.74, 6) is -0.609. The number of thioether (sulfide) groups is 2. The number of carbonyl (C=O) groups excluding carboxylic acids is 3. The number of rotatable bonds is 12. The third-order valence-corrected chi connectivity index (χ3v) is 11.8. The van der Waals surface area contributed by atoms with Gasteiger partial charge in [0, 0.05) is 33.5 Å². The summed E-state index contributed by atoms with van der Waals surface area (Å²) in [6.45, 7) is 0.112. The van der Waals surface area contributed by atoms with Crippen LogP contribution in [0.5, 0.6) is 0 Å². The smallest absolute Gasteiger partial charge is 0.466 e. The van der Waals surface area contributed by atoms with Crippen LogP contribution in [0.25, 0.3) is 0 Å². The van der Waals surface area contributed by atoms with E-state index in [0.717, 1.165) is 23.5 Å². The van der Waals surface area contributed by atoms with Crippen LogP contribution < -0.4 is 0 Å². The zero-order valence-electron chi connectivity index (χ0n) is 15.1. The Hall–Kier alpha value is -0.163. The average molecular weight is 433 g/mol. The highest BCUT2D eigenvalue weighted by atomic mass is 32.2. The number of hydrogen-bond acceptors (Lipinski definition) is 10. The molecule has 0 atom stereocenters. The van der Waals surface area contributed by atoms with Gasteiger partial charge >= 0.3 is 14.8 Å². The highest BCUT2D eigenvalue weighted by Crippen LogP contribution is 2.55. The molecular formula is C13H25O8PS2Si. The van der Waals surface area contributed by atoms with Crippen molar-refractivity contribution in [1.29, 1.82) is 0 Å². The third kappa shape index (κ3) is 7.54. The molecule has 0 spiro atoms. The second-order valence-electron chi connectivity index (χ2n) is 4.77. The molecule has 0 aromatic rings. The second kappa shape index (κ2) is 12.3. The number of hydrogen-bond donors (Lipinski definition) is 0. The molecule has 12 heteroatoms. The molecule has 0 saturated heterocycles. The molecule has 0 aliphatic rings. The first-order chi connectivity index (χ1) is 11.7. The molecule has 0 aliphatic carbocycles. The van der Waals surface area contributed by atoms with Gasteiger partial charge in [-0.25, -0.2) is 0 Å². The fourth-order valence-corrected chi connectivity index (χ4v) is 8.18. The van der Waals surface area contributed by atoms with Gasteiger partial charge < -0.3 is 22.6 Å². The van der Waals surface area contributed by atoms with E-state index in [1.54, 1.807) is 0 Å². The molecular weight excluding hydrogens is 407 g/mol. The van der Waals surface area contributed by atoms with Gasteiger partial charge in [0.05, 0.1) is 13.0 Å². The van der Waals surface area contributed by atoms with Crippen LogP contribution in [0.3, 0.4) is 0 Å². The van der Waals surface area contributed by atoms with Gasteiger partial charge in [-0.15, -0.1) is 0 Å². The molecule has 0 aromatic heterocycles. The van der Waals surface area contributed by atoms with Gasteiger partial charge in [0.2, 0.25) is 7.14 Å². The summed E-state index contributed by atoms with van der Waals surface area (Å²) < 4.78 is 33.4. The Morgan fingerprint density at radius 1 is 0.960 bits per heavy atom. The van der Waals surface area contributed by atoms with E-state index in [1.165, 1.54) is 33.8 Å². The van der Waals surface area contributed by atoms with Gasteiger partial charge in [-0.2, -0.15) is 0 Å². The normalized spacial score (nSPS) is 12.0. The summed E-state index contributed by atoms with van der Waals surface area (Å²) in [7, 11) is -1.97. The van der Waals surface area contributed by atoms with Crippen LogP contribution in [0.2, 0.25) is 6.04 Å². The summed E-state index contributed by atoms with van der Waals surface area (Å²) in [5.41, 5.74) is 0. The van der Waals surface area contributed by atoms with E-state index in [1.807, 2.05) is 0 Å². The van der Waals surface area contributed by atoms with Crippen molar-refractivity contribution in [3.8, 4) is 0 Å². The maximum absolute atomic E-state index is 12.6. The van der Waals surface area contributed by atoms with Crippen LogP contribution in [0.15, 0.2) is 0 Å². The first kappa shape index (κ1) is 24.8. The molecule has 0 aliphatic heterocycles. The van der Waals surface area contributed by atoms with Gasteiger partial charge in [0.15, 0.2) is 0 Å². The lowest BCUT2D eigenvalue weighted by Gasteiger charge is -2.24. The molecule has 0 rings (SSSR count). The molecule has 25 heavy (non-hydrogen) atoms. The first-order valence-corrected chi connectivity index (χ1v) is 13.6. The molecule has 0 N–H and O–H groups in total. The summed E-state index contributed by atoms with van der Waals surface area (Å²) >= 11 is 1.47. The minimum absolute atomic E-state index is 0.112. The minimum atomic E-state index is -3.74. The molecule has 146 valence electrons. The number of carbonyl (C=O) groups is 3. The number of esters is 1. The van der Waals surface area contributed by atoms with E-state index in [-0.39, 0.29) is 19.2 Å². The molecule has 0 saturated carbocycles. The van der Waals surface area contributed by atoms with E-state index in [2.05, 4.69) is 0 Å². The Kier molecular flexibility index (Phi) is 12.2. The molecule has 0 bridgehead atoms. The average Bonchev–Trinajstić information content (AvgIpc) is 2.65. The SMILES string of the molecule is CO[Si](CCCOC(=O)CCP(=O)(C(=O)SC)C(=O)SC)(OC)OC. The second-order valence-corrected chi connectivity index (χ2v) is 12.8.